The predicted octanol–water partition coefficient (Wildman–Crippen LogP) is 4.29. The molecule has 0 bridgehead atoms. The van der Waals surface area contributed by atoms with Crippen molar-refractivity contribution in [2.24, 2.45) is 0 Å². The number of nitrogens with zero attached hydrogens (tertiary/aromatic N) is 2. The summed E-state index contributed by atoms with van der Waals surface area (Å²) in [7, 11) is 0. The van der Waals surface area contributed by atoms with Gasteiger partial charge in [0.25, 0.3) is 0 Å². The molecular formula is C10H14Cl3N2O3PS. The monoisotopic (exact) mass is 378 g/mol. The van der Waals surface area contributed by atoms with Gasteiger partial charge in [-0.1, -0.05) is 34.8 Å². The van der Waals surface area contributed by atoms with E-state index in [9.17, 15) is 0 Å². The van der Waals surface area contributed by atoms with Crippen molar-refractivity contribution in [2.45, 2.75) is 24.6 Å². The minimum atomic E-state index is -2.92. The van der Waals surface area contributed by atoms with Gasteiger partial charge < -0.3 is 4.52 Å². The first-order chi connectivity index (χ1) is 9.20. The van der Waals surface area contributed by atoms with Gasteiger partial charge in [0, 0.05) is 23.6 Å². The van der Waals surface area contributed by atoms with Gasteiger partial charge in [0.1, 0.15) is 0 Å². The van der Waals surface area contributed by atoms with E-state index in [1.54, 1.807) is 26.8 Å². The lowest BCUT2D eigenvalue weighted by Crippen LogP contribution is -2.10. The zero-order chi connectivity index (χ0) is 15.4. The highest BCUT2D eigenvalue weighted by Crippen LogP contribution is 2.49. The summed E-state index contributed by atoms with van der Waals surface area (Å²) in [5, 5.41) is 0. The van der Waals surface area contributed by atoms with Gasteiger partial charge in [-0.25, -0.2) is 4.98 Å². The summed E-state index contributed by atoms with van der Waals surface area (Å²) < 4.78 is 14.5. The number of alkyl halides is 3. The van der Waals surface area contributed by atoms with E-state index in [0.717, 1.165) is 0 Å². The second-order valence-corrected chi connectivity index (χ2v) is 8.76. The largest absolute Gasteiger partial charge is 0.406 e. The maximum atomic E-state index is 5.77. The molecule has 0 saturated carbocycles. The molecule has 5 nitrogen and oxygen atoms in total. The summed E-state index contributed by atoms with van der Waals surface area (Å²) in [6, 6.07) is 1.57. The van der Waals surface area contributed by atoms with Crippen LogP contribution in [-0.2, 0) is 24.6 Å². The van der Waals surface area contributed by atoms with Crippen LogP contribution in [0, 0.1) is 6.92 Å². The highest BCUT2D eigenvalue weighted by Gasteiger charge is 2.29. The van der Waals surface area contributed by atoms with Crippen molar-refractivity contribution in [3.05, 3.63) is 17.6 Å². The summed E-state index contributed by atoms with van der Waals surface area (Å²) >= 11 is 22.5. The number of aromatic nitrogens is 2. The molecule has 0 aliphatic heterocycles. The second-order valence-electron chi connectivity index (χ2n) is 3.54. The Morgan fingerprint density at radius 3 is 2.20 bits per heavy atom. The van der Waals surface area contributed by atoms with Crippen molar-refractivity contribution in [1.82, 2.24) is 9.97 Å². The van der Waals surface area contributed by atoms with E-state index < -0.39 is 10.5 Å². The predicted molar refractivity (Wildman–Crippen MR) is 84.2 cm³/mol. The van der Waals surface area contributed by atoms with E-state index in [1.165, 1.54) is 0 Å². The van der Waals surface area contributed by atoms with Crippen LogP contribution in [0.3, 0.4) is 0 Å². The van der Waals surface area contributed by atoms with E-state index in [4.69, 9.17) is 60.2 Å². The van der Waals surface area contributed by atoms with Crippen LogP contribution in [0.4, 0.5) is 0 Å². The van der Waals surface area contributed by atoms with Gasteiger partial charge in [-0.15, -0.1) is 0 Å². The average Bonchev–Trinajstić information content (AvgIpc) is 2.26. The standard InChI is InChI=1S/C10H14Cl3N2O3PS/c1-4-16-19(20,17-5-2)18-8-6-7(3)14-9(15-8)10(11,12)13/h6H,4-5H2,1-3H3. The minimum absolute atomic E-state index is 0.00652. The van der Waals surface area contributed by atoms with Crippen molar-refractivity contribution in [3.63, 3.8) is 0 Å². The van der Waals surface area contributed by atoms with Crippen LogP contribution in [0.25, 0.3) is 0 Å². The molecule has 0 aromatic carbocycles. The molecule has 1 rings (SSSR count). The SMILES string of the molecule is CCOP(=S)(OCC)Oc1cc(C)nc(C(Cl)(Cl)Cl)n1. The Kier molecular flexibility index (Phi) is 6.93. The van der Waals surface area contributed by atoms with Gasteiger partial charge in [-0.05, 0) is 20.8 Å². The molecule has 0 aliphatic carbocycles. The van der Waals surface area contributed by atoms with Gasteiger partial charge in [0.05, 0.1) is 13.2 Å². The summed E-state index contributed by atoms with van der Waals surface area (Å²) in [6.45, 7) is 3.11. The van der Waals surface area contributed by atoms with Crippen LogP contribution in [0.2, 0.25) is 0 Å². The van der Waals surface area contributed by atoms with Crippen molar-refractivity contribution in [1.29, 1.82) is 0 Å². The van der Waals surface area contributed by atoms with Gasteiger partial charge in [0.15, 0.2) is 5.82 Å². The van der Waals surface area contributed by atoms with Crippen LogP contribution in [0.15, 0.2) is 6.07 Å². The maximum absolute atomic E-state index is 5.77. The number of rotatable bonds is 6. The molecule has 0 atom stereocenters. The Morgan fingerprint density at radius 1 is 1.20 bits per heavy atom. The van der Waals surface area contributed by atoms with Gasteiger partial charge in [-0.2, -0.15) is 4.98 Å². The topological polar surface area (TPSA) is 53.5 Å². The molecule has 0 amide bonds. The molecule has 1 aromatic heterocycles. The van der Waals surface area contributed by atoms with E-state index >= 15 is 0 Å². The molecule has 1 aromatic rings. The third kappa shape index (κ3) is 5.60. The maximum Gasteiger partial charge on any atom is 0.381 e. The molecule has 0 spiro atoms. The van der Waals surface area contributed by atoms with Crippen LogP contribution >= 0.6 is 41.5 Å². The Bertz CT molecular complexity index is 503. The lowest BCUT2D eigenvalue weighted by atomic mass is 10.4. The number of hydrogen-bond acceptors (Lipinski definition) is 6. The molecule has 0 saturated heterocycles. The Morgan fingerprint density at radius 2 is 1.75 bits per heavy atom. The molecule has 0 unspecified atom stereocenters. The smallest absolute Gasteiger partial charge is 0.381 e. The van der Waals surface area contributed by atoms with E-state index in [-0.39, 0.29) is 11.7 Å². The average molecular weight is 380 g/mol. The number of aryl methyl sites for hydroxylation is 1. The summed E-state index contributed by atoms with van der Waals surface area (Å²) in [5.74, 6) is 0.163. The minimum Gasteiger partial charge on any atom is -0.406 e. The molecule has 1 heterocycles. The van der Waals surface area contributed by atoms with E-state index in [2.05, 4.69) is 9.97 Å². The highest BCUT2D eigenvalue weighted by molar-refractivity contribution is 8.07. The molecular weight excluding hydrogens is 366 g/mol. The molecule has 0 fully saturated rings. The lowest BCUT2D eigenvalue weighted by molar-refractivity contribution is 0.216. The van der Waals surface area contributed by atoms with Gasteiger partial charge >= 0.3 is 6.72 Å². The van der Waals surface area contributed by atoms with Crippen LogP contribution in [0.5, 0.6) is 5.88 Å². The number of halogens is 3. The second kappa shape index (κ2) is 7.54. The number of hydrogen-bond donors (Lipinski definition) is 0. The quantitative estimate of drug-likeness (QED) is 0.543. The van der Waals surface area contributed by atoms with Gasteiger partial charge in [0.2, 0.25) is 9.67 Å². The van der Waals surface area contributed by atoms with Crippen molar-refractivity contribution >= 4 is 53.3 Å². The first-order valence-corrected chi connectivity index (χ1v) is 9.40. The van der Waals surface area contributed by atoms with Crippen LogP contribution < -0.4 is 4.52 Å². The van der Waals surface area contributed by atoms with Crippen molar-refractivity contribution < 1.29 is 13.6 Å². The summed E-state index contributed by atoms with van der Waals surface area (Å²) in [6.07, 6.45) is 0. The lowest BCUT2D eigenvalue weighted by Gasteiger charge is -2.21. The van der Waals surface area contributed by atoms with Crippen LogP contribution in [-0.4, -0.2) is 23.2 Å². The van der Waals surface area contributed by atoms with E-state index in [1.807, 2.05) is 0 Å². The van der Waals surface area contributed by atoms with Crippen molar-refractivity contribution in [2.75, 3.05) is 13.2 Å². The van der Waals surface area contributed by atoms with E-state index in [0.29, 0.717) is 18.9 Å². The fraction of sp³-hybridized carbons (Fsp3) is 0.600. The Labute approximate surface area is 138 Å². The normalized spacial score (nSPS) is 12.5. The zero-order valence-electron chi connectivity index (χ0n) is 11.1. The fourth-order valence-corrected chi connectivity index (χ4v) is 3.48. The summed E-state index contributed by atoms with van der Waals surface area (Å²) in [5.41, 5.74) is 0.575. The molecule has 0 radical (unpaired) electrons. The molecule has 114 valence electrons. The van der Waals surface area contributed by atoms with Gasteiger partial charge in [-0.3, -0.25) is 9.05 Å². The molecule has 10 heteroatoms. The highest BCUT2D eigenvalue weighted by atomic mass is 35.6. The third-order valence-electron chi connectivity index (χ3n) is 1.86. The molecule has 0 N–H and O–H groups in total. The molecule has 0 aliphatic rings. The summed E-state index contributed by atoms with van der Waals surface area (Å²) in [4.78, 5) is 8.06. The fourth-order valence-electron chi connectivity index (χ4n) is 1.23. The Balaban J connectivity index is 3.07. The zero-order valence-corrected chi connectivity index (χ0v) is 15.1. The molecule has 20 heavy (non-hydrogen) atoms. The Hall–Kier alpha value is 0.320. The van der Waals surface area contributed by atoms with Crippen LogP contribution in [0.1, 0.15) is 25.4 Å². The third-order valence-corrected chi connectivity index (χ3v) is 4.79. The first-order valence-electron chi connectivity index (χ1n) is 5.71. The van der Waals surface area contributed by atoms with Crippen molar-refractivity contribution in [3.8, 4) is 5.88 Å². The first kappa shape index (κ1) is 18.4.